The first-order chi connectivity index (χ1) is 8.45. The number of aliphatic carboxylic acids is 1. The summed E-state index contributed by atoms with van der Waals surface area (Å²) in [5, 5.41) is 10.9. The smallest absolute Gasteiger partial charge is 0.322 e. The largest absolute Gasteiger partial charge is 0.494 e. The number of rotatable bonds is 5. The van der Waals surface area contributed by atoms with Gasteiger partial charge in [-0.1, -0.05) is 0 Å². The molecule has 5 heteroatoms. The van der Waals surface area contributed by atoms with Crippen LogP contribution < -0.4 is 10.1 Å². The van der Waals surface area contributed by atoms with Gasteiger partial charge in [-0.05, 0) is 44.0 Å². The van der Waals surface area contributed by atoms with Gasteiger partial charge < -0.3 is 15.2 Å². The SMILES string of the molecule is CCOc1cc(C)c(C(=O)NCC(=O)O)cc1C. The third-order valence-electron chi connectivity index (χ3n) is 2.47. The first-order valence-corrected chi connectivity index (χ1v) is 5.69. The molecule has 5 nitrogen and oxygen atoms in total. The molecule has 0 heterocycles. The van der Waals surface area contributed by atoms with E-state index in [1.807, 2.05) is 13.8 Å². The Morgan fingerprint density at radius 2 is 1.94 bits per heavy atom. The van der Waals surface area contributed by atoms with E-state index in [1.165, 1.54) is 0 Å². The van der Waals surface area contributed by atoms with Crippen LogP contribution in [0.2, 0.25) is 0 Å². The van der Waals surface area contributed by atoms with Crippen molar-refractivity contribution in [3.8, 4) is 5.75 Å². The lowest BCUT2D eigenvalue weighted by atomic mass is 10.0. The van der Waals surface area contributed by atoms with Crippen molar-refractivity contribution < 1.29 is 19.4 Å². The topological polar surface area (TPSA) is 75.6 Å². The van der Waals surface area contributed by atoms with E-state index in [4.69, 9.17) is 9.84 Å². The molecule has 2 N–H and O–H groups in total. The first-order valence-electron chi connectivity index (χ1n) is 5.69. The predicted octanol–water partition coefficient (Wildman–Crippen LogP) is 1.52. The van der Waals surface area contributed by atoms with Crippen LogP contribution in [0.5, 0.6) is 5.75 Å². The Morgan fingerprint density at radius 3 is 2.50 bits per heavy atom. The third-order valence-corrected chi connectivity index (χ3v) is 2.47. The van der Waals surface area contributed by atoms with Gasteiger partial charge >= 0.3 is 5.97 Å². The molecule has 0 aromatic heterocycles. The van der Waals surface area contributed by atoms with E-state index < -0.39 is 5.97 Å². The zero-order valence-electron chi connectivity index (χ0n) is 10.7. The summed E-state index contributed by atoms with van der Waals surface area (Å²) in [5.41, 5.74) is 2.08. The van der Waals surface area contributed by atoms with Gasteiger partial charge in [0.25, 0.3) is 5.91 Å². The quantitative estimate of drug-likeness (QED) is 0.831. The molecule has 0 atom stereocenters. The number of hydrogen-bond donors (Lipinski definition) is 2. The van der Waals surface area contributed by atoms with E-state index in [0.29, 0.717) is 12.2 Å². The van der Waals surface area contributed by atoms with Crippen molar-refractivity contribution in [2.45, 2.75) is 20.8 Å². The number of hydrogen-bond acceptors (Lipinski definition) is 3. The van der Waals surface area contributed by atoms with Gasteiger partial charge in [-0.15, -0.1) is 0 Å². The highest BCUT2D eigenvalue weighted by Gasteiger charge is 2.12. The van der Waals surface area contributed by atoms with Gasteiger partial charge in [0, 0.05) is 5.56 Å². The van der Waals surface area contributed by atoms with Gasteiger partial charge in [0.1, 0.15) is 12.3 Å². The molecule has 0 aliphatic rings. The number of benzene rings is 1. The Bertz CT molecular complexity index is 468. The molecule has 0 radical (unpaired) electrons. The van der Waals surface area contributed by atoms with E-state index >= 15 is 0 Å². The molecule has 1 rings (SSSR count). The Balaban J connectivity index is 2.93. The molecular formula is C13H17NO4. The second-order valence-corrected chi connectivity index (χ2v) is 3.94. The molecular weight excluding hydrogens is 234 g/mol. The van der Waals surface area contributed by atoms with Crippen LogP contribution >= 0.6 is 0 Å². The van der Waals surface area contributed by atoms with Gasteiger partial charge in [0.15, 0.2) is 0 Å². The maximum Gasteiger partial charge on any atom is 0.322 e. The summed E-state index contributed by atoms with van der Waals surface area (Å²) in [5.74, 6) is -0.713. The van der Waals surface area contributed by atoms with Crippen LogP contribution in [-0.4, -0.2) is 30.1 Å². The van der Waals surface area contributed by atoms with Crippen LogP contribution in [0.4, 0.5) is 0 Å². The summed E-state index contributed by atoms with van der Waals surface area (Å²) in [6, 6.07) is 3.49. The van der Waals surface area contributed by atoms with E-state index in [9.17, 15) is 9.59 Å². The molecule has 0 bridgehead atoms. The monoisotopic (exact) mass is 251 g/mol. The number of carboxylic acid groups (broad SMARTS) is 1. The van der Waals surface area contributed by atoms with Gasteiger partial charge in [-0.2, -0.15) is 0 Å². The number of ether oxygens (including phenoxy) is 1. The van der Waals surface area contributed by atoms with E-state index in [2.05, 4.69) is 5.32 Å². The molecule has 1 amide bonds. The average Bonchev–Trinajstić information content (AvgIpc) is 2.30. The van der Waals surface area contributed by atoms with Crippen molar-refractivity contribution in [2.24, 2.45) is 0 Å². The number of aryl methyl sites for hydroxylation is 2. The highest BCUT2D eigenvalue weighted by atomic mass is 16.5. The van der Waals surface area contributed by atoms with Crippen LogP contribution in [0.3, 0.4) is 0 Å². The lowest BCUT2D eigenvalue weighted by Gasteiger charge is -2.12. The maximum atomic E-state index is 11.8. The summed E-state index contributed by atoms with van der Waals surface area (Å²) in [4.78, 5) is 22.2. The van der Waals surface area contributed by atoms with Crippen LogP contribution in [0.1, 0.15) is 28.4 Å². The van der Waals surface area contributed by atoms with Gasteiger partial charge in [0.2, 0.25) is 0 Å². The molecule has 0 saturated carbocycles. The minimum absolute atomic E-state index is 0.384. The lowest BCUT2D eigenvalue weighted by Crippen LogP contribution is -2.29. The van der Waals surface area contributed by atoms with E-state index in [-0.39, 0.29) is 12.5 Å². The van der Waals surface area contributed by atoms with Gasteiger partial charge in [0.05, 0.1) is 6.61 Å². The Labute approximate surface area is 106 Å². The first kappa shape index (κ1) is 14.0. The van der Waals surface area contributed by atoms with Gasteiger partial charge in [-0.3, -0.25) is 9.59 Å². The molecule has 98 valence electrons. The second-order valence-electron chi connectivity index (χ2n) is 3.94. The number of carboxylic acids is 1. The van der Waals surface area contributed by atoms with Crippen molar-refractivity contribution in [1.82, 2.24) is 5.32 Å². The Hall–Kier alpha value is -2.04. The number of nitrogens with one attached hydrogen (secondary N) is 1. The molecule has 18 heavy (non-hydrogen) atoms. The van der Waals surface area contributed by atoms with E-state index in [0.717, 1.165) is 16.9 Å². The predicted molar refractivity (Wildman–Crippen MR) is 67.1 cm³/mol. The fraction of sp³-hybridized carbons (Fsp3) is 0.385. The lowest BCUT2D eigenvalue weighted by molar-refractivity contribution is -0.135. The summed E-state index contributed by atoms with van der Waals surface area (Å²) in [7, 11) is 0. The minimum atomic E-state index is -1.07. The average molecular weight is 251 g/mol. The van der Waals surface area contributed by atoms with Crippen LogP contribution in [-0.2, 0) is 4.79 Å². The van der Waals surface area contributed by atoms with Crippen LogP contribution in [0.25, 0.3) is 0 Å². The Morgan fingerprint density at radius 1 is 1.28 bits per heavy atom. The standard InChI is InChI=1S/C13H17NO4/c1-4-18-11-6-8(2)10(5-9(11)3)13(17)14-7-12(15)16/h5-6H,4,7H2,1-3H3,(H,14,17)(H,15,16). The number of amides is 1. The number of carbonyl (C=O) groups excluding carboxylic acids is 1. The summed E-state index contributed by atoms with van der Waals surface area (Å²) < 4.78 is 5.42. The number of carbonyl (C=O) groups is 2. The van der Waals surface area contributed by atoms with Crippen molar-refractivity contribution in [1.29, 1.82) is 0 Å². The minimum Gasteiger partial charge on any atom is -0.494 e. The van der Waals surface area contributed by atoms with Crippen molar-refractivity contribution >= 4 is 11.9 Å². The summed E-state index contributed by atoms with van der Waals surface area (Å²) >= 11 is 0. The highest BCUT2D eigenvalue weighted by molar-refractivity contribution is 5.97. The Kier molecular flexibility index (Phi) is 4.71. The molecule has 1 aromatic rings. The molecule has 0 saturated heterocycles. The van der Waals surface area contributed by atoms with Crippen molar-refractivity contribution in [2.75, 3.05) is 13.2 Å². The summed E-state index contributed by atoms with van der Waals surface area (Å²) in [6.45, 7) is 5.70. The van der Waals surface area contributed by atoms with Crippen LogP contribution in [0, 0.1) is 13.8 Å². The van der Waals surface area contributed by atoms with E-state index in [1.54, 1.807) is 19.1 Å². The normalized spacial score (nSPS) is 9.94. The highest BCUT2D eigenvalue weighted by Crippen LogP contribution is 2.22. The van der Waals surface area contributed by atoms with Crippen LogP contribution in [0.15, 0.2) is 12.1 Å². The zero-order valence-corrected chi connectivity index (χ0v) is 10.7. The van der Waals surface area contributed by atoms with Gasteiger partial charge in [-0.25, -0.2) is 0 Å². The molecule has 0 unspecified atom stereocenters. The zero-order chi connectivity index (χ0) is 13.7. The maximum absolute atomic E-state index is 11.8. The third kappa shape index (κ3) is 3.48. The summed E-state index contributed by atoms with van der Waals surface area (Å²) in [6.07, 6.45) is 0. The molecule has 0 aliphatic carbocycles. The fourth-order valence-corrected chi connectivity index (χ4v) is 1.60. The second kappa shape index (κ2) is 6.05. The fourth-order valence-electron chi connectivity index (χ4n) is 1.60. The molecule has 0 fully saturated rings. The van der Waals surface area contributed by atoms with Crippen molar-refractivity contribution in [3.63, 3.8) is 0 Å². The molecule has 0 spiro atoms. The molecule has 0 aliphatic heterocycles. The molecule has 1 aromatic carbocycles. The van der Waals surface area contributed by atoms with Crippen molar-refractivity contribution in [3.05, 3.63) is 28.8 Å².